The fourth-order valence-electron chi connectivity index (χ4n) is 4.59. The molecule has 3 unspecified atom stereocenters. The van der Waals surface area contributed by atoms with Crippen LogP contribution in [0.25, 0.3) is 10.9 Å². The lowest BCUT2D eigenvalue weighted by atomic mass is 10.00. The number of likely N-dealkylation sites (tertiary alicyclic amines) is 1. The summed E-state index contributed by atoms with van der Waals surface area (Å²) < 4.78 is 6.08. The van der Waals surface area contributed by atoms with E-state index in [1.54, 1.807) is 23.1 Å². The van der Waals surface area contributed by atoms with E-state index < -0.39 is 6.09 Å². The van der Waals surface area contributed by atoms with Gasteiger partial charge < -0.3 is 14.4 Å². The van der Waals surface area contributed by atoms with Gasteiger partial charge in [0.2, 0.25) is 5.91 Å². The predicted molar refractivity (Wildman–Crippen MR) is 104 cm³/mol. The van der Waals surface area contributed by atoms with E-state index in [1.807, 2.05) is 0 Å². The summed E-state index contributed by atoms with van der Waals surface area (Å²) in [6.07, 6.45) is 3.01. The molecule has 2 aliphatic rings. The quantitative estimate of drug-likeness (QED) is 0.609. The SMILES string of the molecule is COC(=O)Nc1ccc2c(c1)c(C(C)=O)nn2CC(=O)N1C2CCC(C2)C1C=O. The first-order valence-electron chi connectivity index (χ1n) is 9.56. The van der Waals surface area contributed by atoms with Gasteiger partial charge in [-0.15, -0.1) is 0 Å². The van der Waals surface area contributed by atoms with Crippen molar-refractivity contribution in [3.63, 3.8) is 0 Å². The number of nitrogens with zero attached hydrogens (tertiary/aromatic N) is 3. The number of carbonyl (C=O) groups is 4. The van der Waals surface area contributed by atoms with E-state index in [4.69, 9.17) is 0 Å². The number of aldehydes is 1. The van der Waals surface area contributed by atoms with Crippen molar-refractivity contribution in [1.29, 1.82) is 0 Å². The Hall–Kier alpha value is -3.23. The van der Waals surface area contributed by atoms with Gasteiger partial charge >= 0.3 is 6.09 Å². The van der Waals surface area contributed by atoms with Crippen LogP contribution in [0, 0.1) is 5.92 Å². The summed E-state index contributed by atoms with van der Waals surface area (Å²) in [6.45, 7) is 1.34. The van der Waals surface area contributed by atoms with Crippen molar-refractivity contribution in [3.05, 3.63) is 23.9 Å². The Labute approximate surface area is 167 Å². The van der Waals surface area contributed by atoms with E-state index in [0.29, 0.717) is 16.6 Å². The average Bonchev–Trinajstić information content (AvgIpc) is 3.40. The minimum atomic E-state index is -0.625. The molecule has 29 heavy (non-hydrogen) atoms. The lowest BCUT2D eigenvalue weighted by Gasteiger charge is -2.32. The highest BCUT2D eigenvalue weighted by molar-refractivity contribution is 6.06. The Morgan fingerprint density at radius 2 is 2.10 bits per heavy atom. The first-order valence-corrected chi connectivity index (χ1v) is 9.56. The number of fused-ring (bicyclic) bond motifs is 3. The molecule has 2 heterocycles. The summed E-state index contributed by atoms with van der Waals surface area (Å²) in [5, 5.41) is 7.43. The molecule has 3 atom stereocenters. The normalized spacial score (nSPS) is 22.7. The molecule has 0 spiro atoms. The van der Waals surface area contributed by atoms with E-state index >= 15 is 0 Å². The number of amides is 2. The van der Waals surface area contributed by atoms with Crippen LogP contribution in [0.5, 0.6) is 0 Å². The van der Waals surface area contributed by atoms with Crippen LogP contribution in [-0.4, -0.2) is 57.9 Å². The molecule has 2 amide bonds. The second kappa shape index (κ2) is 7.31. The van der Waals surface area contributed by atoms with Crippen molar-refractivity contribution in [2.75, 3.05) is 12.4 Å². The number of aromatic nitrogens is 2. The van der Waals surface area contributed by atoms with Gasteiger partial charge in [0.15, 0.2) is 5.78 Å². The zero-order valence-corrected chi connectivity index (χ0v) is 16.3. The summed E-state index contributed by atoms with van der Waals surface area (Å²) in [6, 6.07) is 4.71. The van der Waals surface area contributed by atoms with Crippen molar-refractivity contribution < 1.29 is 23.9 Å². The third kappa shape index (κ3) is 3.26. The van der Waals surface area contributed by atoms with Gasteiger partial charge in [0.25, 0.3) is 0 Å². The molecule has 1 aromatic carbocycles. The molecule has 1 aromatic heterocycles. The molecule has 1 saturated carbocycles. The Bertz CT molecular complexity index is 1010. The van der Waals surface area contributed by atoms with Gasteiger partial charge in [-0.2, -0.15) is 5.10 Å². The Balaban J connectivity index is 1.65. The van der Waals surface area contributed by atoms with Gasteiger partial charge in [0.1, 0.15) is 18.5 Å². The van der Waals surface area contributed by atoms with Crippen LogP contribution in [0.1, 0.15) is 36.7 Å². The van der Waals surface area contributed by atoms with Crippen molar-refractivity contribution in [3.8, 4) is 0 Å². The van der Waals surface area contributed by atoms with Gasteiger partial charge in [-0.1, -0.05) is 0 Å². The van der Waals surface area contributed by atoms with Crippen LogP contribution >= 0.6 is 0 Å². The van der Waals surface area contributed by atoms with Crippen LogP contribution in [0.2, 0.25) is 0 Å². The highest BCUT2D eigenvalue weighted by Gasteiger charge is 2.47. The zero-order valence-electron chi connectivity index (χ0n) is 16.3. The van der Waals surface area contributed by atoms with E-state index in [1.165, 1.54) is 18.7 Å². The summed E-state index contributed by atoms with van der Waals surface area (Å²) in [5.41, 5.74) is 1.28. The first-order chi connectivity index (χ1) is 13.9. The fourth-order valence-corrected chi connectivity index (χ4v) is 4.59. The number of ketones is 1. The number of Topliss-reactive ketones (excluding diaryl/α,β-unsaturated/α-hetero) is 1. The number of rotatable bonds is 5. The topological polar surface area (TPSA) is 111 Å². The monoisotopic (exact) mass is 398 g/mol. The number of hydrogen-bond acceptors (Lipinski definition) is 6. The maximum absolute atomic E-state index is 13.0. The molecular formula is C20H22N4O5. The van der Waals surface area contributed by atoms with Crippen LogP contribution < -0.4 is 5.32 Å². The molecule has 1 aliphatic carbocycles. The van der Waals surface area contributed by atoms with Crippen molar-refractivity contribution in [2.45, 2.75) is 44.8 Å². The standard InChI is InChI=1S/C20H22N4O5/c1-11(26)19-15-8-13(21-20(28)29-2)4-6-16(15)23(22-19)9-18(27)24-14-5-3-12(7-14)17(24)10-25/h4,6,8,10,12,14,17H,3,5,7,9H2,1-2H3,(H,21,28). The summed E-state index contributed by atoms with van der Waals surface area (Å²) in [4.78, 5) is 49.7. The number of hydrogen-bond donors (Lipinski definition) is 1. The van der Waals surface area contributed by atoms with Gasteiger partial charge in [0, 0.05) is 24.0 Å². The molecule has 4 rings (SSSR count). The number of carbonyl (C=O) groups excluding carboxylic acids is 4. The van der Waals surface area contributed by atoms with Crippen molar-refractivity contribution in [1.82, 2.24) is 14.7 Å². The molecule has 2 aromatic rings. The van der Waals surface area contributed by atoms with E-state index in [9.17, 15) is 19.2 Å². The first kappa shape index (κ1) is 19.1. The summed E-state index contributed by atoms with van der Waals surface area (Å²) >= 11 is 0. The second-order valence-corrected chi connectivity index (χ2v) is 7.57. The second-order valence-electron chi connectivity index (χ2n) is 7.57. The molecule has 9 nitrogen and oxygen atoms in total. The summed E-state index contributed by atoms with van der Waals surface area (Å²) in [5.74, 6) is -0.177. The molecule has 1 N–H and O–H groups in total. The molecule has 9 heteroatoms. The number of nitrogens with one attached hydrogen (secondary N) is 1. The molecule has 1 aliphatic heterocycles. The number of methoxy groups -OCH3 is 1. The molecule has 2 bridgehead atoms. The Morgan fingerprint density at radius 3 is 2.79 bits per heavy atom. The number of benzene rings is 1. The highest BCUT2D eigenvalue weighted by atomic mass is 16.5. The number of anilines is 1. The van der Waals surface area contributed by atoms with E-state index in [0.717, 1.165) is 25.5 Å². The van der Waals surface area contributed by atoms with Gasteiger partial charge in [-0.05, 0) is 43.4 Å². The molecular weight excluding hydrogens is 376 g/mol. The van der Waals surface area contributed by atoms with Gasteiger partial charge in [0.05, 0.1) is 18.7 Å². The van der Waals surface area contributed by atoms with E-state index in [-0.39, 0.29) is 41.9 Å². The minimum absolute atomic E-state index is 0.0544. The third-order valence-electron chi connectivity index (χ3n) is 5.87. The minimum Gasteiger partial charge on any atom is -0.453 e. The van der Waals surface area contributed by atoms with Crippen LogP contribution in [-0.2, 0) is 20.9 Å². The maximum Gasteiger partial charge on any atom is 0.411 e. The molecule has 152 valence electrons. The van der Waals surface area contributed by atoms with Crippen LogP contribution in [0.3, 0.4) is 0 Å². The molecule has 2 fully saturated rings. The lowest BCUT2D eigenvalue weighted by Crippen LogP contribution is -2.47. The maximum atomic E-state index is 13.0. The van der Waals surface area contributed by atoms with Crippen molar-refractivity contribution in [2.24, 2.45) is 5.92 Å². The molecule has 0 radical (unpaired) electrons. The van der Waals surface area contributed by atoms with E-state index in [2.05, 4.69) is 15.2 Å². The largest absolute Gasteiger partial charge is 0.453 e. The van der Waals surface area contributed by atoms with Crippen molar-refractivity contribution >= 4 is 40.7 Å². The van der Waals surface area contributed by atoms with Gasteiger partial charge in [-0.3, -0.25) is 19.6 Å². The zero-order chi connectivity index (χ0) is 20.7. The number of piperidine rings is 1. The van der Waals surface area contributed by atoms with Gasteiger partial charge in [-0.25, -0.2) is 4.79 Å². The predicted octanol–water partition coefficient (Wildman–Crippen LogP) is 2.00. The Kier molecular flexibility index (Phi) is 4.81. The number of ether oxygens (including phenoxy) is 1. The Morgan fingerprint density at radius 1 is 1.31 bits per heavy atom. The third-order valence-corrected chi connectivity index (χ3v) is 5.87. The van der Waals surface area contributed by atoms with Crippen LogP contribution in [0.15, 0.2) is 18.2 Å². The molecule has 1 saturated heterocycles. The smallest absolute Gasteiger partial charge is 0.411 e. The van der Waals surface area contributed by atoms with Crippen LogP contribution in [0.4, 0.5) is 10.5 Å². The lowest BCUT2D eigenvalue weighted by molar-refractivity contribution is -0.139. The fraction of sp³-hybridized carbons (Fsp3) is 0.450. The average molecular weight is 398 g/mol. The summed E-state index contributed by atoms with van der Waals surface area (Å²) in [7, 11) is 1.26. The highest BCUT2D eigenvalue weighted by Crippen LogP contribution is 2.41.